The Morgan fingerprint density at radius 3 is 2.57 bits per heavy atom. The van der Waals surface area contributed by atoms with Gasteiger partial charge in [0.1, 0.15) is 0 Å². The predicted molar refractivity (Wildman–Crippen MR) is 56.0 cm³/mol. The van der Waals surface area contributed by atoms with Crippen LogP contribution in [0.15, 0.2) is 0 Å². The molecule has 2 unspecified atom stereocenters. The maximum absolute atomic E-state index is 11.2. The van der Waals surface area contributed by atoms with Crippen molar-refractivity contribution in [2.75, 3.05) is 18.1 Å². The maximum Gasteiger partial charge on any atom is 0.151 e. The fourth-order valence-electron chi connectivity index (χ4n) is 1.66. The number of aliphatic hydroxyl groups excluding tert-OH is 1. The van der Waals surface area contributed by atoms with Gasteiger partial charge in [-0.15, -0.1) is 0 Å². The zero-order valence-corrected chi connectivity index (χ0v) is 9.60. The third-order valence-electron chi connectivity index (χ3n) is 2.91. The summed E-state index contributed by atoms with van der Waals surface area (Å²) in [6, 6.07) is 0.0112. The summed E-state index contributed by atoms with van der Waals surface area (Å²) in [5, 5.41) is 12.4. The normalized spacial score (nSPS) is 30.1. The molecular weight excluding hydrogens is 202 g/mol. The summed E-state index contributed by atoms with van der Waals surface area (Å²) < 4.78 is 22.4. The van der Waals surface area contributed by atoms with E-state index < -0.39 is 9.84 Å². The monoisotopic (exact) mass is 221 g/mol. The van der Waals surface area contributed by atoms with Gasteiger partial charge in [-0.25, -0.2) is 8.42 Å². The van der Waals surface area contributed by atoms with Gasteiger partial charge in [0.25, 0.3) is 0 Å². The molecule has 0 bridgehead atoms. The molecule has 0 radical (unpaired) electrons. The topological polar surface area (TPSA) is 66.4 Å². The molecule has 0 aromatic rings. The molecule has 2 N–H and O–H groups in total. The minimum atomic E-state index is -2.83. The summed E-state index contributed by atoms with van der Waals surface area (Å²) in [5.74, 6) is 0.485. The van der Waals surface area contributed by atoms with Gasteiger partial charge in [0.2, 0.25) is 0 Å². The molecule has 1 rings (SSSR count). The molecular formula is C9H19NO3S. The number of hydrogen-bond acceptors (Lipinski definition) is 4. The second kappa shape index (κ2) is 4.16. The Kier molecular flexibility index (Phi) is 3.55. The summed E-state index contributed by atoms with van der Waals surface area (Å²) in [4.78, 5) is 0. The smallest absolute Gasteiger partial charge is 0.151 e. The van der Waals surface area contributed by atoms with Crippen LogP contribution < -0.4 is 5.32 Å². The molecule has 0 spiro atoms. The summed E-state index contributed by atoms with van der Waals surface area (Å²) >= 11 is 0. The fourth-order valence-corrected chi connectivity index (χ4v) is 3.33. The van der Waals surface area contributed by atoms with Gasteiger partial charge in [-0.05, 0) is 19.8 Å². The van der Waals surface area contributed by atoms with Crippen LogP contribution in [0.5, 0.6) is 0 Å². The SMILES string of the molecule is CCC(C)(CO)NC1CCS(=O)(=O)C1. The number of nitrogens with one attached hydrogen (secondary N) is 1. The van der Waals surface area contributed by atoms with E-state index in [0.717, 1.165) is 6.42 Å². The molecule has 14 heavy (non-hydrogen) atoms. The first-order valence-corrected chi connectivity index (χ1v) is 6.82. The molecule has 0 saturated carbocycles. The van der Waals surface area contributed by atoms with Crippen LogP contribution in [-0.2, 0) is 9.84 Å². The minimum Gasteiger partial charge on any atom is -0.394 e. The van der Waals surface area contributed by atoms with Gasteiger partial charge < -0.3 is 10.4 Å². The molecule has 0 amide bonds. The van der Waals surface area contributed by atoms with E-state index in [2.05, 4.69) is 5.32 Å². The largest absolute Gasteiger partial charge is 0.394 e. The molecule has 0 aromatic carbocycles. The lowest BCUT2D eigenvalue weighted by molar-refractivity contribution is 0.160. The highest BCUT2D eigenvalue weighted by Crippen LogP contribution is 2.16. The predicted octanol–water partition coefficient (Wildman–Crippen LogP) is -0.0759. The van der Waals surface area contributed by atoms with E-state index in [9.17, 15) is 8.42 Å². The van der Waals surface area contributed by atoms with Crippen molar-refractivity contribution < 1.29 is 13.5 Å². The summed E-state index contributed by atoms with van der Waals surface area (Å²) in [6.07, 6.45) is 1.46. The van der Waals surface area contributed by atoms with Crippen LogP contribution in [0.2, 0.25) is 0 Å². The molecule has 0 aromatic heterocycles. The van der Waals surface area contributed by atoms with Crippen LogP contribution in [0.1, 0.15) is 26.7 Å². The van der Waals surface area contributed by atoms with Gasteiger partial charge in [0, 0.05) is 11.6 Å². The van der Waals surface area contributed by atoms with Crippen molar-refractivity contribution in [1.82, 2.24) is 5.32 Å². The number of sulfone groups is 1. The highest BCUT2D eigenvalue weighted by molar-refractivity contribution is 7.91. The lowest BCUT2D eigenvalue weighted by Gasteiger charge is -2.30. The highest BCUT2D eigenvalue weighted by Gasteiger charge is 2.32. The summed E-state index contributed by atoms with van der Waals surface area (Å²) in [5.41, 5.74) is -0.343. The molecule has 2 atom stereocenters. The first-order valence-electron chi connectivity index (χ1n) is 5.00. The lowest BCUT2D eigenvalue weighted by Crippen LogP contribution is -2.50. The van der Waals surface area contributed by atoms with Crippen molar-refractivity contribution in [3.63, 3.8) is 0 Å². The van der Waals surface area contributed by atoms with Crippen LogP contribution >= 0.6 is 0 Å². The average Bonchev–Trinajstić information content (AvgIpc) is 2.45. The van der Waals surface area contributed by atoms with E-state index in [-0.39, 0.29) is 29.7 Å². The average molecular weight is 221 g/mol. The molecule has 4 nitrogen and oxygen atoms in total. The first-order chi connectivity index (χ1) is 6.41. The van der Waals surface area contributed by atoms with Crippen molar-refractivity contribution in [2.45, 2.75) is 38.3 Å². The van der Waals surface area contributed by atoms with Crippen LogP contribution in [0.25, 0.3) is 0 Å². The molecule has 0 aliphatic carbocycles. The second-order valence-electron chi connectivity index (χ2n) is 4.32. The Labute approximate surface area is 85.6 Å². The van der Waals surface area contributed by atoms with E-state index >= 15 is 0 Å². The summed E-state index contributed by atoms with van der Waals surface area (Å²) in [6.45, 7) is 3.94. The minimum absolute atomic E-state index is 0.0112. The van der Waals surface area contributed by atoms with Crippen molar-refractivity contribution in [2.24, 2.45) is 0 Å². The van der Waals surface area contributed by atoms with E-state index in [0.29, 0.717) is 6.42 Å². The molecule has 1 heterocycles. The molecule has 5 heteroatoms. The number of rotatable bonds is 4. The van der Waals surface area contributed by atoms with Crippen LogP contribution in [-0.4, -0.2) is 43.2 Å². The Balaban J connectivity index is 2.54. The standard InChI is InChI=1S/C9H19NO3S/c1-3-9(2,7-11)10-8-4-5-14(12,13)6-8/h8,10-11H,3-7H2,1-2H3. The summed E-state index contributed by atoms with van der Waals surface area (Å²) in [7, 11) is -2.83. The molecule has 1 saturated heterocycles. The van der Waals surface area contributed by atoms with Gasteiger partial charge in [-0.2, -0.15) is 0 Å². The molecule has 1 aliphatic heterocycles. The zero-order valence-electron chi connectivity index (χ0n) is 8.78. The Hall–Kier alpha value is -0.130. The van der Waals surface area contributed by atoms with Gasteiger partial charge in [0.05, 0.1) is 18.1 Å². The first kappa shape index (κ1) is 11.9. The highest BCUT2D eigenvalue weighted by atomic mass is 32.2. The Bertz CT molecular complexity index is 282. The number of aliphatic hydroxyl groups is 1. The van der Waals surface area contributed by atoms with Gasteiger partial charge in [-0.1, -0.05) is 6.92 Å². The number of hydrogen-bond donors (Lipinski definition) is 2. The third-order valence-corrected chi connectivity index (χ3v) is 4.68. The van der Waals surface area contributed by atoms with E-state index in [1.807, 2.05) is 13.8 Å². The fraction of sp³-hybridized carbons (Fsp3) is 1.00. The Morgan fingerprint density at radius 1 is 1.57 bits per heavy atom. The van der Waals surface area contributed by atoms with Crippen molar-refractivity contribution in [1.29, 1.82) is 0 Å². The molecule has 1 aliphatic rings. The van der Waals surface area contributed by atoms with Crippen molar-refractivity contribution in [3.05, 3.63) is 0 Å². The zero-order chi connectivity index (χ0) is 10.8. The quantitative estimate of drug-likeness (QED) is 0.697. The van der Waals surface area contributed by atoms with E-state index in [4.69, 9.17) is 5.11 Å². The Morgan fingerprint density at radius 2 is 2.21 bits per heavy atom. The van der Waals surface area contributed by atoms with Crippen LogP contribution in [0.3, 0.4) is 0 Å². The van der Waals surface area contributed by atoms with Gasteiger partial charge >= 0.3 is 0 Å². The van der Waals surface area contributed by atoms with E-state index in [1.54, 1.807) is 0 Å². The maximum atomic E-state index is 11.2. The third kappa shape index (κ3) is 2.93. The van der Waals surface area contributed by atoms with Crippen molar-refractivity contribution >= 4 is 9.84 Å². The van der Waals surface area contributed by atoms with E-state index in [1.165, 1.54) is 0 Å². The molecule has 1 fully saturated rings. The van der Waals surface area contributed by atoms with Crippen molar-refractivity contribution in [3.8, 4) is 0 Å². The van der Waals surface area contributed by atoms with Gasteiger partial charge in [-0.3, -0.25) is 0 Å². The molecule has 84 valence electrons. The van der Waals surface area contributed by atoms with Crippen LogP contribution in [0, 0.1) is 0 Å². The van der Waals surface area contributed by atoms with Gasteiger partial charge in [0.15, 0.2) is 9.84 Å². The van der Waals surface area contributed by atoms with Crippen LogP contribution in [0.4, 0.5) is 0 Å². The lowest BCUT2D eigenvalue weighted by atomic mass is 9.98. The second-order valence-corrected chi connectivity index (χ2v) is 6.55.